The number of carbonyl (C=O) groups excluding carboxylic acids is 1. The van der Waals surface area contributed by atoms with Crippen molar-refractivity contribution >= 4 is 54.0 Å². The van der Waals surface area contributed by atoms with Crippen molar-refractivity contribution in [3.05, 3.63) is 51.5 Å². The van der Waals surface area contributed by atoms with Gasteiger partial charge in [-0.25, -0.2) is 4.98 Å². The molecule has 3 rings (SSSR count). The molecular weight excluding hydrogens is 477 g/mol. The van der Waals surface area contributed by atoms with Crippen LogP contribution < -0.4 is 11.3 Å². The molecule has 13 heteroatoms. The maximum atomic E-state index is 11.9. The van der Waals surface area contributed by atoms with Crippen molar-refractivity contribution in [1.82, 2.24) is 19.5 Å². The monoisotopic (exact) mass is 499 g/mol. The number of hydrogen-bond donors (Lipinski definition) is 2. The second-order valence-electron chi connectivity index (χ2n) is 6.51. The Bertz CT molecular complexity index is 1110. The standard InChI is InChI=1S/C19H23ClN5O5PS/c1-13(26)32-8-7-29-31(30-10-14-3-2-4-15(20)9-14)12-28-6-5-25-11-22-16-17(25)23-19(21)24-18(16)27/h2-4,9,11H,5-8,10,12H2,1H3,(H3,21,23,24,27). The third kappa shape index (κ3) is 7.54. The Morgan fingerprint density at radius 2 is 2.19 bits per heavy atom. The fourth-order valence-electron chi connectivity index (χ4n) is 2.65. The number of fused-ring (bicyclic) bond motifs is 1. The number of nitrogens with zero attached hydrogens (tertiary/aromatic N) is 3. The zero-order valence-corrected chi connectivity index (χ0v) is 19.8. The first-order valence-corrected chi connectivity index (χ1v) is 12.3. The molecule has 0 radical (unpaired) electrons. The normalized spacial score (nSPS) is 12.3. The Labute approximate surface area is 194 Å². The van der Waals surface area contributed by atoms with E-state index in [0.29, 0.717) is 42.8 Å². The van der Waals surface area contributed by atoms with Gasteiger partial charge in [0.1, 0.15) is 6.35 Å². The first-order valence-electron chi connectivity index (χ1n) is 9.62. The number of benzene rings is 1. The van der Waals surface area contributed by atoms with E-state index in [0.717, 1.165) is 5.56 Å². The van der Waals surface area contributed by atoms with Crippen LogP contribution in [0.5, 0.6) is 0 Å². The van der Waals surface area contributed by atoms with Crippen molar-refractivity contribution in [3.63, 3.8) is 0 Å². The highest BCUT2D eigenvalue weighted by molar-refractivity contribution is 8.13. The lowest BCUT2D eigenvalue weighted by Crippen LogP contribution is -2.13. The molecule has 0 aliphatic rings. The molecule has 10 nitrogen and oxygen atoms in total. The van der Waals surface area contributed by atoms with Gasteiger partial charge in [0, 0.05) is 24.2 Å². The number of H-pyrrole nitrogens is 1. The molecule has 0 aliphatic carbocycles. The Hall–Kier alpha value is -2.01. The second kappa shape index (κ2) is 12.3. The molecule has 0 saturated heterocycles. The Morgan fingerprint density at radius 3 is 2.97 bits per heavy atom. The number of imidazole rings is 1. The summed E-state index contributed by atoms with van der Waals surface area (Å²) in [6, 6.07) is 7.39. The highest BCUT2D eigenvalue weighted by Gasteiger charge is 2.13. The van der Waals surface area contributed by atoms with Gasteiger partial charge in [-0.15, -0.1) is 0 Å². The van der Waals surface area contributed by atoms with Crippen LogP contribution in [0.2, 0.25) is 5.02 Å². The van der Waals surface area contributed by atoms with Crippen molar-refractivity contribution in [3.8, 4) is 0 Å². The van der Waals surface area contributed by atoms with Crippen LogP contribution in [0.15, 0.2) is 35.4 Å². The zero-order chi connectivity index (χ0) is 22.9. The van der Waals surface area contributed by atoms with Crippen LogP contribution >= 0.6 is 31.7 Å². The summed E-state index contributed by atoms with van der Waals surface area (Å²) in [5, 5.41) is 0.667. The molecule has 0 spiro atoms. The second-order valence-corrected chi connectivity index (χ2v) is 9.66. The van der Waals surface area contributed by atoms with Crippen LogP contribution in [0.3, 0.4) is 0 Å². The summed E-state index contributed by atoms with van der Waals surface area (Å²) in [6.45, 7) is 2.96. The molecule has 1 unspecified atom stereocenters. The largest absolute Gasteiger partial charge is 0.370 e. The number of nitrogens with two attached hydrogens (primary N) is 1. The van der Waals surface area contributed by atoms with Crippen molar-refractivity contribution < 1.29 is 18.6 Å². The molecule has 0 aliphatic heterocycles. The number of anilines is 1. The summed E-state index contributed by atoms with van der Waals surface area (Å²) in [6.07, 6.45) is 1.76. The molecule has 32 heavy (non-hydrogen) atoms. The summed E-state index contributed by atoms with van der Waals surface area (Å²) in [7, 11) is -1.34. The molecule has 0 bridgehead atoms. The number of nitrogens with one attached hydrogen (secondary N) is 1. The van der Waals surface area contributed by atoms with E-state index in [-0.39, 0.29) is 28.5 Å². The van der Waals surface area contributed by atoms with Gasteiger partial charge in [0.15, 0.2) is 24.7 Å². The number of hydrogen-bond acceptors (Lipinski definition) is 9. The maximum Gasteiger partial charge on any atom is 0.280 e. The minimum absolute atomic E-state index is 0.0277. The van der Waals surface area contributed by atoms with Gasteiger partial charge in [-0.3, -0.25) is 14.6 Å². The van der Waals surface area contributed by atoms with Crippen molar-refractivity contribution in [2.45, 2.75) is 20.1 Å². The fraction of sp³-hybridized carbons (Fsp3) is 0.368. The Kier molecular flexibility index (Phi) is 9.46. The highest BCUT2D eigenvalue weighted by atomic mass is 35.5. The van der Waals surface area contributed by atoms with E-state index in [1.807, 2.05) is 18.2 Å². The van der Waals surface area contributed by atoms with Crippen LogP contribution in [0, 0.1) is 0 Å². The van der Waals surface area contributed by atoms with E-state index in [9.17, 15) is 9.59 Å². The summed E-state index contributed by atoms with van der Waals surface area (Å²) in [5.41, 5.74) is 6.76. The van der Waals surface area contributed by atoms with E-state index < -0.39 is 8.38 Å². The van der Waals surface area contributed by atoms with Gasteiger partial charge < -0.3 is 24.1 Å². The third-order valence-electron chi connectivity index (χ3n) is 4.05. The van der Waals surface area contributed by atoms with Crippen LogP contribution in [-0.4, -0.2) is 49.9 Å². The molecule has 1 aromatic carbocycles. The topological polar surface area (TPSA) is 134 Å². The van der Waals surface area contributed by atoms with Gasteiger partial charge in [-0.2, -0.15) is 4.98 Å². The average molecular weight is 500 g/mol. The van der Waals surface area contributed by atoms with Gasteiger partial charge in [0.25, 0.3) is 5.56 Å². The van der Waals surface area contributed by atoms with E-state index in [4.69, 9.17) is 31.1 Å². The number of rotatable bonds is 12. The molecule has 0 amide bonds. The van der Waals surface area contributed by atoms with Crippen LogP contribution in [0.4, 0.5) is 5.95 Å². The Balaban J connectivity index is 1.52. The SMILES string of the molecule is CC(=O)SCCOP(COCCn1cnc2c(=O)[nH]c(N)nc21)OCc1cccc(Cl)c1. The summed E-state index contributed by atoms with van der Waals surface area (Å²) in [5.74, 6) is 0.567. The summed E-state index contributed by atoms with van der Waals surface area (Å²) in [4.78, 5) is 33.6. The zero-order valence-electron chi connectivity index (χ0n) is 17.3. The minimum Gasteiger partial charge on any atom is -0.370 e. The molecule has 172 valence electrons. The predicted octanol–water partition coefficient (Wildman–Crippen LogP) is 3.15. The molecule has 2 heterocycles. The number of thioether (sulfide) groups is 1. The van der Waals surface area contributed by atoms with Gasteiger partial charge in [0.2, 0.25) is 5.95 Å². The van der Waals surface area contributed by atoms with Gasteiger partial charge >= 0.3 is 0 Å². The van der Waals surface area contributed by atoms with Gasteiger partial charge in [-0.1, -0.05) is 35.5 Å². The fourth-order valence-corrected chi connectivity index (χ4v) is 4.53. The van der Waals surface area contributed by atoms with Crippen molar-refractivity contribution in [2.75, 3.05) is 31.0 Å². The van der Waals surface area contributed by atoms with Crippen molar-refractivity contribution in [1.29, 1.82) is 0 Å². The van der Waals surface area contributed by atoms with Crippen molar-refractivity contribution in [2.24, 2.45) is 0 Å². The number of nitrogen functional groups attached to an aromatic ring is 1. The lowest BCUT2D eigenvalue weighted by atomic mass is 10.2. The van der Waals surface area contributed by atoms with Gasteiger partial charge in [0.05, 0.1) is 26.1 Å². The van der Waals surface area contributed by atoms with Crippen LogP contribution in [0.25, 0.3) is 11.2 Å². The molecule has 3 aromatic rings. The predicted molar refractivity (Wildman–Crippen MR) is 126 cm³/mol. The summed E-state index contributed by atoms with van der Waals surface area (Å²) >= 11 is 7.22. The first kappa shape index (κ1) is 24.6. The molecule has 3 N–H and O–H groups in total. The van der Waals surface area contributed by atoms with Gasteiger partial charge in [-0.05, 0) is 17.7 Å². The number of aromatic nitrogens is 4. The Morgan fingerprint density at radius 1 is 1.34 bits per heavy atom. The smallest absolute Gasteiger partial charge is 0.280 e. The van der Waals surface area contributed by atoms with Crippen LogP contribution in [-0.2, 0) is 31.7 Å². The molecule has 0 fully saturated rings. The average Bonchev–Trinajstić information content (AvgIpc) is 3.14. The number of halogens is 1. The van der Waals surface area contributed by atoms with E-state index >= 15 is 0 Å². The minimum atomic E-state index is -1.34. The van der Waals surface area contributed by atoms with E-state index in [2.05, 4.69) is 15.0 Å². The third-order valence-corrected chi connectivity index (χ3v) is 6.35. The molecule has 0 saturated carbocycles. The molecule has 1 atom stereocenters. The number of ether oxygens (including phenoxy) is 1. The number of carbonyl (C=O) groups is 1. The van der Waals surface area contributed by atoms with Crippen LogP contribution in [0.1, 0.15) is 12.5 Å². The summed E-state index contributed by atoms with van der Waals surface area (Å²) < 4.78 is 19.2. The molecular formula is C19H23ClN5O5PS. The highest BCUT2D eigenvalue weighted by Crippen LogP contribution is 2.39. The quantitative estimate of drug-likeness (QED) is 0.284. The van der Waals surface area contributed by atoms with E-state index in [1.165, 1.54) is 25.0 Å². The lowest BCUT2D eigenvalue weighted by Gasteiger charge is -2.18. The maximum absolute atomic E-state index is 11.9. The number of aromatic amines is 1. The first-order chi connectivity index (χ1) is 15.4. The lowest BCUT2D eigenvalue weighted by molar-refractivity contribution is -0.109. The van der Waals surface area contributed by atoms with E-state index in [1.54, 1.807) is 10.6 Å². The molecule has 2 aromatic heterocycles.